The molecule has 1 heterocycles. The fourth-order valence-electron chi connectivity index (χ4n) is 5.57. The standard InChI is InChI=1S/C36H40N2S2/c1-6-10-25-13-22-32(28(23-25)24-38(4)5)36-34(27-16-20-30(21-17-27)40-8-3)35-31(11-9-12-33(35)37-36)26-14-18-29(19-15-26)39-7-2/h9,11-23,37H,6-8,10,24H2,1-5H3. The Balaban J connectivity index is 1.77. The number of nitrogens with one attached hydrogen (secondary N) is 1. The van der Waals surface area contributed by atoms with Gasteiger partial charge in [0.1, 0.15) is 0 Å². The number of rotatable bonds is 11. The summed E-state index contributed by atoms with van der Waals surface area (Å²) in [6, 6.07) is 32.0. The van der Waals surface area contributed by atoms with Crippen molar-refractivity contribution >= 4 is 34.4 Å². The van der Waals surface area contributed by atoms with Crippen molar-refractivity contribution in [3.63, 3.8) is 0 Å². The normalized spacial score (nSPS) is 11.6. The Kier molecular flexibility index (Phi) is 9.41. The molecule has 0 aliphatic heterocycles. The van der Waals surface area contributed by atoms with Gasteiger partial charge in [-0.2, -0.15) is 0 Å². The van der Waals surface area contributed by atoms with Gasteiger partial charge in [0.05, 0.1) is 5.69 Å². The van der Waals surface area contributed by atoms with Crippen LogP contribution in [0.15, 0.2) is 94.7 Å². The van der Waals surface area contributed by atoms with E-state index in [1.165, 1.54) is 65.3 Å². The third-order valence-corrected chi connectivity index (χ3v) is 9.01. The number of benzene rings is 4. The zero-order valence-corrected chi connectivity index (χ0v) is 26.0. The number of thioether (sulfide) groups is 2. The van der Waals surface area contributed by atoms with E-state index in [0.29, 0.717) is 0 Å². The predicted molar refractivity (Wildman–Crippen MR) is 179 cm³/mol. The Morgan fingerprint density at radius 1 is 0.700 bits per heavy atom. The monoisotopic (exact) mass is 564 g/mol. The van der Waals surface area contributed by atoms with Gasteiger partial charge in [0.2, 0.25) is 0 Å². The molecule has 0 spiro atoms. The topological polar surface area (TPSA) is 19.0 Å². The molecular weight excluding hydrogens is 525 g/mol. The summed E-state index contributed by atoms with van der Waals surface area (Å²) in [7, 11) is 4.32. The molecule has 1 N–H and O–H groups in total. The number of H-pyrrole nitrogens is 1. The van der Waals surface area contributed by atoms with Crippen LogP contribution in [0.5, 0.6) is 0 Å². The maximum absolute atomic E-state index is 3.90. The van der Waals surface area contributed by atoms with Gasteiger partial charge < -0.3 is 9.88 Å². The molecule has 0 atom stereocenters. The second kappa shape index (κ2) is 13.2. The summed E-state index contributed by atoms with van der Waals surface area (Å²) < 4.78 is 0. The second-order valence-electron chi connectivity index (χ2n) is 10.5. The number of aromatic nitrogens is 1. The summed E-state index contributed by atoms with van der Waals surface area (Å²) in [5.41, 5.74) is 11.5. The van der Waals surface area contributed by atoms with E-state index in [1.54, 1.807) is 0 Å². The second-order valence-corrected chi connectivity index (χ2v) is 13.2. The lowest BCUT2D eigenvalue weighted by molar-refractivity contribution is 0.403. The lowest BCUT2D eigenvalue weighted by Crippen LogP contribution is -2.12. The minimum atomic E-state index is 0.900. The van der Waals surface area contributed by atoms with Gasteiger partial charge in [0.15, 0.2) is 0 Å². The first kappa shape index (κ1) is 28.6. The van der Waals surface area contributed by atoms with Crippen LogP contribution in [0.2, 0.25) is 0 Å². The lowest BCUT2D eigenvalue weighted by atomic mass is 9.91. The van der Waals surface area contributed by atoms with Crippen LogP contribution in [0.4, 0.5) is 0 Å². The molecule has 5 rings (SSSR count). The van der Waals surface area contributed by atoms with Crippen molar-refractivity contribution in [2.24, 2.45) is 0 Å². The Morgan fingerprint density at radius 2 is 1.35 bits per heavy atom. The molecule has 0 bridgehead atoms. The number of nitrogens with zero attached hydrogens (tertiary/aromatic N) is 1. The van der Waals surface area contributed by atoms with E-state index in [4.69, 9.17) is 0 Å². The number of hydrogen-bond donors (Lipinski definition) is 1. The van der Waals surface area contributed by atoms with Gasteiger partial charge in [0, 0.05) is 38.4 Å². The van der Waals surface area contributed by atoms with E-state index in [2.05, 4.69) is 130 Å². The summed E-state index contributed by atoms with van der Waals surface area (Å²) in [6.07, 6.45) is 2.26. The van der Waals surface area contributed by atoms with Crippen molar-refractivity contribution in [3.8, 4) is 33.5 Å². The lowest BCUT2D eigenvalue weighted by Gasteiger charge is -2.17. The van der Waals surface area contributed by atoms with Crippen molar-refractivity contribution in [3.05, 3.63) is 96.1 Å². The Labute approximate surface area is 248 Å². The van der Waals surface area contributed by atoms with Crippen molar-refractivity contribution < 1.29 is 0 Å². The van der Waals surface area contributed by atoms with Crippen LogP contribution in [0.3, 0.4) is 0 Å². The average Bonchev–Trinajstić information content (AvgIpc) is 3.34. The number of hydrogen-bond acceptors (Lipinski definition) is 3. The minimum absolute atomic E-state index is 0.900. The summed E-state index contributed by atoms with van der Waals surface area (Å²) >= 11 is 3.78. The number of aromatic amines is 1. The van der Waals surface area contributed by atoms with E-state index in [0.717, 1.165) is 30.9 Å². The summed E-state index contributed by atoms with van der Waals surface area (Å²) in [5.74, 6) is 2.16. The van der Waals surface area contributed by atoms with E-state index < -0.39 is 0 Å². The van der Waals surface area contributed by atoms with E-state index in [9.17, 15) is 0 Å². The first-order chi connectivity index (χ1) is 19.5. The molecule has 2 nitrogen and oxygen atoms in total. The third kappa shape index (κ3) is 6.20. The van der Waals surface area contributed by atoms with Crippen LogP contribution < -0.4 is 0 Å². The van der Waals surface area contributed by atoms with Crippen LogP contribution in [-0.4, -0.2) is 35.5 Å². The highest BCUT2D eigenvalue weighted by Crippen LogP contribution is 2.44. The van der Waals surface area contributed by atoms with E-state index in [-0.39, 0.29) is 0 Å². The molecule has 40 heavy (non-hydrogen) atoms. The fraction of sp³-hybridized carbons (Fsp3) is 0.278. The van der Waals surface area contributed by atoms with E-state index in [1.807, 2.05) is 23.5 Å². The smallest absolute Gasteiger partial charge is 0.0548 e. The highest BCUT2D eigenvalue weighted by atomic mass is 32.2. The average molecular weight is 565 g/mol. The summed E-state index contributed by atoms with van der Waals surface area (Å²) in [6.45, 7) is 7.57. The maximum Gasteiger partial charge on any atom is 0.0548 e. The van der Waals surface area contributed by atoms with Crippen LogP contribution in [0.1, 0.15) is 38.3 Å². The minimum Gasteiger partial charge on any atom is -0.354 e. The molecule has 1 aromatic heterocycles. The SMILES string of the molecule is CCCc1ccc(-c2[nH]c3cccc(-c4ccc(SCC)cc4)c3c2-c2ccc(SCC)cc2)c(CN(C)C)c1. The quantitative estimate of drug-likeness (QED) is 0.161. The molecule has 4 heteroatoms. The zero-order chi connectivity index (χ0) is 28.1. The highest BCUT2D eigenvalue weighted by Gasteiger charge is 2.21. The van der Waals surface area contributed by atoms with Crippen molar-refractivity contribution in [1.29, 1.82) is 0 Å². The van der Waals surface area contributed by atoms with Gasteiger partial charge in [-0.05, 0) is 90.2 Å². The van der Waals surface area contributed by atoms with Crippen molar-refractivity contribution in [1.82, 2.24) is 9.88 Å². The maximum atomic E-state index is 3.90. The van der Waals surface area contributed by atoms with Crippen LogP contribution in [0, 0.1) is 0 Å². The Morgan fingerprint density at radius 3 is 1.95 bits per heavy atom. The zero-order valence-electron chi connectivity index (χ0n) is 24.4. The van der Waals surface area contributed by atoms with Gasteiger partial charge in [-0.25, -0.2) is 0 Å². The number of aryl methyl sites for hydroxylation is 1. The molecule has 0 amide bonds. The molecule has 0 aliphatic carbocycles. The fourth-order valence-corrected chi connectivity index (χ4v) is 6.89. The molecule has 4 aromatic carbocycles. The molecule has 0 saturated carbocycles. The number of fused-ring (bicyclic) bond motifs is 1. The Hall–Kier alpha value is -2.92. The van der Waals surface area contributed by atoms with Gasteiger partial charge in [0.25, 0.3) is 0 Å². The highest BCUT2D eigenvalue weighted by molar-refractivity contribution is 7.99. The van der Waals surface area contributed by atoms with Crippen LogP contribution in [-0.2, 0) is 13.0 Å². The largest absolute Gasteiger partial charge is 0.354 e. The molecule has 0 aliphatic rings. The Bertz CT molecular complexity index is 1560. The molecule has 5 aromatic rings. The van der Waals surface area contributed by atoms with E-state index >= 15 is 0 Å². The molecule has 0 saturated heterocycles. The summed E-state index contributed by atoms with van der Waals surface area (Å²) in [5, 5.41) is 1.29. The van der Waals surface area contributed by atoms with Gasteiger partial charge in [-0.15, -0.1) is 23.5 Å². The first-order valence-electron chi connectivity index (χ1n) is 14.4. The van der Waals surface area contributed by atoms with Crippen molar-refractivity contribution in [2.75, 3.05) is 25.6 Å². The van der Waals surface area contributed by atoms with Crippen molar-refractivity contribution in [2.45, 2.75) is 49.9 Å². The van der Waals surface area contributed by atoms with Crippen LogP contribution >= 0.6 is 23.5 Å². The molecule has 0 unspecified atom stereocenters. The van der Waals surface area contributed by atoms with Gasteiger partial charge >= 0.3 is 0 Å². The molecule has 0 fully saturated rings. The molecule has 0 radical (unpaired) electrons. The summed E-state index contributed by atoms with van der Waals surface area (Å²) in [4.78, 5) is 8.80. The van der Waals surface area contributed by atoms with Gasteiger partial charge in [-0.1, -0.05) is 81.8 Å². The molecule has 206 valence electrons. The third-order valence-electron chi connectivity index (χ3n) is 7.22. The van der Waals surface area contributed by atoms with Gasteiger partial charge in [-0.3, -0.25) is 0 Å². The van der Waals surface area contributed by atoms with Crippen LogP contribution in [0.25, 0.3) is 44.4 Å². The predicted octanol–water partition coefficient (Wildman–Crippen LogP) is 10.4. The first-order valence-corrected chi connectivity index (χ1v) is 16.4. The molecular formula is C36H40N2S2.